The molecule has 0 saturated heterocycles. The first kappa shape index (κ1) is 20.5. The lowest BCUT2D eigenvalue weighted by Crippen LogP contribution is -2.39. The molecular weight excluding hydrogens is 395 g/mol. The third-order valence-electron chi connectivity index (χ3n) is 3.75. The third-order valence-corrected chi connectivity index (χ3v) is 5.20. The van der Waals surface area contributed by atoms with E-state index in [2.05, 4.69) is 10.5 Å². The number of anilines is 1. The predicted molar refractivity (Wildman–Crippen MR) is 92.7 cm³/mol. The van der Waals surface area contributed by atoms with Gasteiger partial charge in [0.25, 0.3) is 5.91 Å². The van der Waals surface area contributed by atoms with Gasteiger partial charge in [0.05, 0.1) is 22.5 Å². The number of benzene rings is 1. The van der Waals surface area contributed by atoms with E-state index >= 15 is 0 Å². The number of nitrogens with zero attached hydrogens (tertiary/aromatic N) is 2. The highest BCUT2D eigenvalue weighted by Gasteiger charge is 2.33. The van der Waals surface area contributed by atoms with Crippen molar-refractivity contribution in [1.82, 2.24) is 5.43 Å². The van der Waals surface area contributed by atoms with E-state index in [1.165, 1.54) is 0 Å². The van der Waals surface area contributed by atoms with E-state index < -0.39 is 39.9 Å². The topological polar surface area (TPSA) is 78.8 Å². The second-order valence-corrected chi connectivity index (χ2v) is 8.17. The second kappa shape index (κ2) is 7.83. The molecule has 1 amide bonds. The molecule has 11 heteroatoms. The highest BCUT2D eigenvalue weighted by molar-refractivity contribution is 7.92. The molecule has 1 saturated carbocycles. The number of nitrogens with one attached hydrogen (secondary N) is 1. The van der Waals surface area contributed by atoms with Crippen LogP contribution in [-0.4, -0.2) is 32.8 Å². The first-order valence-electron chi connectivity index (χ1n) is 7.67. The van der Waals surface area contributed by atoms with E-state index in [0.717, 1.165) is 49.8 Å². The number of amides is 1. The van der Waals surface area contributed by atoms with E-state index in [9.17, 15) is 26.4 Å². The third kappa shape index (κ3) is 5.34. The zero-order valence-electron chi connectivity index (χ0n) is 13.8. The summed E-state index contributed by atoms with van der Waals surface area (Å²) < 4.78 is 63.3. The van der Waals surface area contributed by atoms with E-state index in [4.69, 9.17) is 11.6 Å². The average molecular weight is 412 g/mol. The molecule has 0 radical (unpaired) electrons. The minimum absolute atomic E-state index is 0.224. The second-order valence-electron chi connectivity index (χ2n) is 5.85. The molecule has 1 aromatic carbocycles. The van der Waals surface area contributed by atoms with Crippen molar-refractivity contribution in [3.05, 3.63) is 28.8 Å². The molecule has 1 N–H and O–H groups in total. The Kier molecular flexibility index (Phi) is 6.17. The Morgan fingerprint density at radius 1 is 1.31 bits per heavy atom. The quantitative estimate of drug-likeness (QED) is 0.756. The van der Waals surface area contributed by atoms with Crippen molar-refractivity contribution in [3.8, 4) is 0 Å². The number of rotatable bonds is 5. The molecule has 0 atom stereocenters. The number of hydrogen-bond donors (Lipinski definition) is 1. The predicted octanol–water partition coefficient (Wildman–Crippen LogP) is 3.17. The van der Waals surface area contributed by atoms with Gasteiger partial charge in [-0.25, -0.2) is 13.8 Å². The monoisotopic (exact) mass is 411 g/mol. The Morgan fingerprint density at radius 3 is 2.46 bits per heavy atom. The fraction of sp³-hybridized carbons (Fsp3) is 0.467. The van der Waals surface area contributed by atoms with Crippen LogP contribution in [0.15, 0.2) is 23.3 Å². The summed E-state index contributed by atoms with van der Waals surface area (Å²) in [4.78, 5) is 12.0. The lowest BCUT2D eigenvalue weighted by molar-refractivity contribution is -0.137. The van der Waals surface area contributed by atoms with Gasteiger partial charge in [0.15, 0.2) is 0 Å². The lowest BCUT2D eigenvalue weighted by Gasteiger charge is -2.23. The number of sulfonamides is 1. The molecule has 0 spiro atoms. The van der Waals surface area contributed by atoms with Crippen molar-refractivity contribution in [1.29, 1.82) is 0 Å². The van der Waals surface area contributed by atoms with Gasteiger partial charge in [0.1, 0.15) is 6.54 Å². The van der Waals surface area contributed by atoms with Gasteiger partial charge in [-0.05, 0) is 43.9 Å². The normalized spacial score (nSPS) is 15.0. The maximum Gasteiger partial charge on any atom is 0.416 e. The number of alkyl halides is 3. The molecule has 0 heterocycles. The summed E-state index contributed by atoms with van der Waals surface area (Å²) >= 11 is 5.88. The van der Waals surface area contributed by atoms with Gasteiger partial charge in [-0.1, -0.05) is 11.6 Å². The molecular formula is C15H17ClF3N3O3S. The molecule has 1 fully saturated rings. The molecule has 0 aliphatic heterocycles. The molecule has 0 aromatic heterocycles. The van der Waals surface area contributed by atoms with Crippen LogP contribution in [0.3, 0.4) is 0 Å². The summed E-state index contributed by atoms with van der Waals surface area (Å²) in [6, 6.07) is 2.27. The fourth-order valence-corrected chi connectivity index (χ4v) is 3.59. The summed E-state index contributed by atoms with van der Waals surface area (Å²) in [6.45, 7) is -0.739. The van der Waals surface area contributed by atoms with Crippen LogP contribution in [0.4, 0.5) is 18.9 Å². The van der Waals surface area contributed by atoms with Crippen molar-refractivity contribution in [2.45, 2.75) is 31.9 Å². The average Bonchev–Trinajstić information content (AvgIpc) is 3.02. The van der Waals surface area contributed by atoms with Gasteiger partial charge < -0.3 is 0 Å². The SMILES string of the molecule is CS(=O)(=O)N(CC(=O)NN=C1CCCC1)c1cc(C(F)(F)F)ccc1Cl. The molecule has 2 rings (SSSR count). The maximum absolute atomic E-state index is 12.9. The number of carbonyl (C=O) groups excluding carboxylic acids is 1. The first-order valence-corrected chi connectivity index (χ1v) is 9.90. The number of carbonyl (C=O) groups is 1. The molecule has 1 aromatic rings. The van der Waals surface area contributed by atoms with Crippen molar-refractivity contribution in [3.63, 3.8) is 0 Å². The van der Waals surface area contributed by atoms with Gasteiger partial charge in [-0.2, -0.15) is 18.3 Å². The van der Waals surface area contributed by atoms with E-state index in [1.807, 2.05) is 0 Å². The zero-order chi connectivity index (χ0) is 19.5. The van der Waals surface area contributed by atoms with Crippen LogP contribution in [0.1, 0.15) is 31.2 Å². The molecule has 1 aliphatic carbocycles. The summed E-state index contributed by atoms with van der Waals surface area (Å²) in [7, 11) is -4.06. The molecule has 1 aliphatic rings. The Bertz CT molecular complexity index is 817. The molecule has 6 nitrogen and oxygen atoms in total. The lowest BCUT2D eigenvalue weighted by atomic mass is 10.2. The largest absolute Gasteiger partial charge is 0.416 e. The van der Waals surface area contributed by atoms with Crippen LogP contribution in [0.2, 0.25) is 5.02 Å². The van der Waals surface area contributed by atoms with Gasteiger partial charge >= 0.3 is 6.18 Å². The van der Waals surface area contributed by atoms with Crippen molar-refractivity contribution >= 4 is 38.9 Å². The van der Waals surface area contributed by atoms with Crippen molar-refractivity contribution < 1.29 is 26.4 Å². The van der Waals surface area contributed by atoms with Crippen molar-refractivity contribution in [2.24, 2.45) is 5.10 Å². The Labute approximate surface area is 154 Å². The van der Waals surface area contributed by atoms with E-state index in [-0.39, 0.29) is 5.02 Å². The Hall–Kier alpha value is -1.81. The Morgan fingerprint density at radius 2 is 1.92 bits per heavy atom. The maximum atomic E-state index is 12.9. The minimum atomic E-state index is -4.68. The van der Waals surface area contributed by atoms with Gasteiger partial charge in [0.2, 0.25) is 10.0 Å². The van der Waals surface area contributed by atoms with Crippen LogP contribution in [-0.2, 0) is 21.0 Å². The van der Waals surface area contributed by atoms with E-state index in [1.54, 1.807) is 0 Å². The van der Waals surface area contributed by atoms with Crippen LogP contribution >= 0.6 is 11.6 Å². The van der Waals surface area contributed by atoms with Crippen LogP contribution in [0.5, 0.6) is 0 Å². The smallest absolute Gasteiger partial charge is 0.271 e. The highest BCUT2D eigenvalue weighted by Crippen LogP contribution is 2.36. The molecule has 144 valence electrons. The molecule has 26 heavy (non-hydrogen) atoms. The zero-order valence-corrected chi connectivity index (χ0v) is 15.4. The summed E-state index contributed by atoms with van der Waals surface area (Å²) in [6.07, 6.45) is -0.488. The van der Waals surface area contributed by atoms with Crippen molar-refractivity contribution in [2.75, 3.05) is 17.1 Å². The van der Waals surface area contributed by atoms with E-state index in [0.29, 0.717) is 10.4 Å². The Balaban J connectivity index is 2.28. The van der Waals surface area contributed by atoms with Gasteiger partial charge in [-0.15, -0.1) is 0 Å². The molecule has 0 unspecified atom stereocenters. The van der Waals surface area contributed by atoms with Crippen LogP contribution in [0, 0.1) is 0 Å². The fourth-order valence-electron chi connectivity index (χ4n) is 2.46. The summed E-state index contributed by atoms with van der Waals surface area (Å²) in [5.41, 5.74) is 1.54. The number of hydrazone groups is 1. The molecule has 0 bridgehead atoms. The summed E-state index contributed by atoms with van der Waals surface area (Å²) in [5.74, 6) is -0.775. The van der Waals surface area contributed by atoms with Gasteiger partial charge in [0, 0.05) is 5.71 Å². The van der Waals surface area contributed by atoms with Crippen LogP contribution in [0.25, 0.3) is 0 Å². The van der Waals surface area contributed by atoms with Gasteiger partial charge in [-0.3, -0.25) is 9.10 Å². The minimum Gasteiger partial charge on any atom is -0.271 e. The standard InChI is InChI=1S/C15H17ClF3N3O3S/c1-26(24,25)22(9-14(23)21-20-11-4-2-3-5-11)13-8-10(15(17,18)19)6-7-12(13)16/h6-8H,2-5,9H2,1H3,(H,21,23). The number of halogens is 4. The highest BCUT2D eigenvalue weighted by atomic mass is 35.5. The first-order chi connectivity index (χ1) is 12.0. The summed E-state index contributed by atoms with van der Waals surface area (Å²) in [5, 5.41) is 3.69. The number of hydrogen-bond acceptors (Lipinski definition) is 4. The van der Waals surface area contributed by atoms with Crippen LogP contribution < -0.4 is 9.73 Å².